The fraction of sp³-hybridized carbons (Fsp3) is 0.296. The predicted molar refractivity (Wildman–Crippen MR) is 135 cm³/mol. The van der Waals surface area contributed by atoms with E-state index >= 15 is 0 Å². The monoisotopic (exact) mass is 471 g/mol. The second-order valence-electron chi connectivity index (χ2n) is 8.56. The third-order valence-corrected chi connectivity index (χ3v) is 6.03. The van der Waals surface area contributed by atoms with Gasteiger partial charge in [-0.3, -0.25) is 0 Å². The number of methoxy groups -OCH3 is 1. The number of ether oxygens (including phenoxy) is 3. The highest BCUT2D eigenvalue weighted by molar-refractivity contribution is 5.78. The van der Waals surface area contributed by atoms with Crippen molar-refractivity contribution in [2.75, 3.05) is 31.8 Å². The molecule has 0 unspecified atom stereocenters. The highest BCUT2D eigenvalue weighted by Gasteiger charge is 2.41. The van der Waals surface area contributed by atoms with Crippen molar-refractivity contribution in [1.82, 2.24) is 9.97 Å². The summed E-state index contributed by atoms with van der Waals surface area (Å²) in [4.78, 5) is 8.16. The zero-order chi connectivity index (χ0) is 24.8. The third-order valence-electron chi connectivity index (χ3n) is 6.03. The van der Waals surface area contributed by atoms with Crippen LogP contribution in [0.1, 0.15) is 30.9 Å². The Morgan fingerprint density at radius 1 is 1.11 bits per heavy atom. The smallest absolute Gasteiger partial charge is 0.221 e. The molecule has 1 fully saturated rings. The minimum absolute atomic E-state index is 0.107. The van der Waals surface area contributed by atoms with E-state index < -0.39 is 0 Å². The molecule has 180 valence electrons. The quantitative estimate of drug-likeness (QED) is 0.412. The molecule has 35 heavy (non-hydrogen) atoms. The lowest BCUT2D eigenvalue weighted by Crippen LogP contribution is -2.12. The van der Waals surface area contributed by atoms with E-state index in [0.717, 1.165) is 40.8 Å². The number of allylic oxidation sites excluding steroid dienone is 1. The maximum atomic E-state index is 8.96. The molecule has 8 nitrogen and oxygen atoms in total. The summed E-state index contributed by atoms with van der Waals surface area (Å²) in [5, 5.41) is 8.96. The van der Waals surface area contributed by atoms with Gasteiger partial charge in [0.1, 0.15) is 23.1 Å². The first-order valence-corrected chi connectivity index (χ1v) is 11.5. The number of hydrogen-bond acceptors (Lipinski definition) is 8. The van der Waals surface area contributed by atoms with Gasteiger partial charge in [0.05, 0.1) is 32.0 Å². The van der Waals surface area contributed by atoms with Crippen LogP contribution in [0, 0.1) is 16.7 Å². The molecule has 0 spiro atoms. The van der Waals surface area contributed by atoms with Gasteiger partial charge in [-0.25, -0.2) is 4.98 Å². The average Bonchev–Trinajstić information content (AvgIpc) is 3.63. The first-order valence-electron chi connectivity index (χ1n) is 11.5. The number of benzene rings is 2. The van der Waals surface area contributed by atoms with Crippen molar-refractivity contribution in [1.29, 1.82) is 5.26 Å². The zero-order valence-corrected chi connectivity index (χ0v) is 20.0. The molecular formula is C27H29N5O3. The van der Waals surface area contributed by atoms with Crippen molar-refractivity contribution in [2.45, 2.75) is 26.2 Å². The molecular weight excluding hydrogens is 442 g/mol. The summed E-state index contributed by atoms with van der Waals surface area (Å²) in [7, 11) is 1.64. The first-order chi connectivity index (χ1) is 17.0. The number of rotatable bonds is 10. The van der Waals surface area contributed by atoms with E-state index in [-0.39, 0.29) is 11.4 Å². The van der Waals surface area contributed by atoms with Crippen LogP contribution in [0.3, 0.4) is 0 Å². The molecule has 1 saturated carbocycles. The molecule has 1 aliphatic carbocycles. The molecule has 0 amide bonds. The largest absolute Gasteiger partial charge is 0.497 e. The molecule has 0 aliphatic heterocycles. The topological polar surface area (TPSA) is 129 Å². The van der Waals surface area contributed by atoms with Gasteiger partial charge in [0.25, 0.3) is 0 Å². The number of hydrogen-bond donors (Lipinski definition) is 2. The van der Waals surface area contributed by atoms with E-state index in [1.807, 2.05) is 49.4 Å². The van der Waals surface area contributed by atoms with Gasteiger partial charge in [-0.1, -0.05) is 18.2 Å². The second-order valence-corrected chi connectivity index (χ2v) is 8.56. The van der Waals surface area contributed by atoms with E-state index in [1.165, 1.54) is 6.08 Å². The van der Waals surface area contributed by atoms with Crippen LogP contribution in [-0.2, 0) is 6.42 Å². The Labute approximate surface area is 205 Å². The first kappa shape index (κ1) is 23.9. The molecule has 4 N–H and O–H groups in total. The third kappa shape index (κ3) is 5.64. The Hall–Kier alpha value is -4.25. The van der Waals surface area contributed by atoms with Crippen LogP contribution < -0.4 is 25.7 Å². The zero-order valence-electron chi connectivity index (χ0n) is 20.0. The molecule has 3 aromatic rings. The van der Waals surface area contributed by atoms with Crippen LogP contribution in [0.15, 0.2) is 54.7 Å². The number of nitrogens with two attached hydrogens (primary N) is 2. The van der Waals surface area contributed by atoms with E-state index in [0.29, 0.717) is 37.0 Å². The van der Waals surface area contributed by atoms with Gasteiger partial charge in [0, 0.05) is 29.7 Å². The lowest BCUT2D eigenvalue weighted by Gasteiger charge is -2.20. The van der Waals surface area contributed by atoms with Crippen molar-refractivity contribution in [2.24, 2.45) is 5.41 Å². The minimum Gasteiger partial charge on any atom is -0.497 e. The van der Waals surface area contributed by atoms with Crippen LogP contribution in [0.4, 0.5) is 11.8 Å². The SMILES string of the molecule is CCOc1cc(Cc2cnc(N)nc2N)cc(OCC2(/C=C/C#N)CC2)c1-c1ccc(OC)cc1. The van der Waals surface area contributed by atoms with Gasteiger partial charge >= 0.3 is 0 Å². The summed E-state index contributed by atoms with van der Waals surface area (Å²) in [5.41, 5.74) is 15.1. The Balaban J connectivity index is 1.76. The average molecular weight is 472 g/mol. The molecule has 0 bridgehead atoms. The maximum absolute atomic E-state index is 8.96. The fourth-order valence-electron chi connectivity index (χ4n) is 3.92. The summed E-state index contributed by atoms with van der Waals surface area (Å²) >= 11 is 0. The highest BCUT2D eigenvalue weighted by Crippen LogP contribution is 2.49. The van der Waals surface area contributed by atoms with Gasteiger partial charge in [0.2, 0.25) is 5.95 Å². The van der Waals surface area contributed by atoms with Crippen molar-refractivity contribution in [3.05, 3.63) is 65.9 Å². The van der Waals surface area contributed by atoms with E-state index in [2.05, 4.69) is 16.0 Å². The van der Waals surface area contributed by atoms with Crippen LogP contribution in [0.25, 0.3) is 11.1 Å². The van der Waals surface area contributed by atoms with Crippen molar-refractivity contribution < 1.29 is 14.2 Å². The van der Waals surface area contributed by atoms with Crippen LogP contribution in [-0.4, -0.2) is 30.3 Å². The van der Waals surface area contributed by atoms with Gasteiger partial charge < -0.3 is 25.7 Å². The number of nitrogens with zero attached hydrogens (tertiary/aromatic N) is 3. The van der Waals surface area contributed by atoms with Gasteiger partial charge in [-0.2, -0.15) is 10.2 Å². The number of anilines is 2. The molecule has 4 rings (SSSR count). The predicted octanol–water partition coefficient (Wildman–Crippen LogP) is 4.54. The molecule has 2 aromatic carbocycles. The Morgan fingerprint density at radius 2 is 1.83 bits per heavy atom. The molecule has 8 heteroatoms. The Bertz CT molecular complexity index is 1260. The van der Waals surface area contributed by atoms with Crippen LogP contribution >= 0.6 is 0 Å². The molecule has 0 atom stereocenters. The van der Waals surface area contributed by atoms with Crippen molar-refractivity contribution in [3.8, 4) is 34.4 Å². The van der Waals surface area contributed by atoms with E-state index in [1.54, 1.807) is 13.3 Å². The summed E-state index contributed by atoms with van der Waals surface area (Å²) in [6.07, 6.45) is 7.58. The molecule has 0 saturated heterocycles. The lowest BCUT2D eigenvalue weighted by molar-refractivity contribution is 0.263. The van der Waals surface area contributed by atoms with Gasteiger partial charge in [-0.15, -0.1) is 0 Å². The Kier molecular flexibility index (Phi) is 7.06. The lowest BCUT2D eigenvalue weighted by atomic mass is 9.98. The minimum atomic E-state index is -0.107. The number of aromatic nitrogens is 2. The van der Waals surface area contributed by atoms with Crippen molar-refractivity contribution >= 4 is 11.8 Å². The summed E-state index contributed by atoms with van der Waals surface area (Å²) in [6.45, 7) is 2.91. The molecule has 0 radical (unpaired) electrons. The van der Waals surface area contributed by atoms with Crippen LogP contribution in [0.2, 0.25) is 0 Å². The van der Waals surface area contributed by atoms with E-state index in [9.17, 15) is 0 Å². The van der Waals surface area contributed by atoms with Gasteiger partial charge in [0.15, 0.2) is 0 Å². The maximum Gasteiger partial charge on any atom is 0.221 e. The van der Waals surface area contributed by atoms with Crippen molar-refractivity contribution in [3.63, 3.8) is 0 Å². The number of nitrogen functional groups attached to an aromatic ring is 2. The molecule has 1 aliphatic rings. The molecule has 1 aromatic heterocycles. The van der Waals surface area contributed by atoms with Gasteiger partial charge in [-0.05, 0) is 55.2 Å². The summed E-state index contributed by atoms with van der Waals surface area (Å²) in [6, 6.07) is 13.9. The second kappa shape index (κ2) is 10.3. The summed E-state index contributed by atoms with van der Waals surface area (Å²) < 4.78 is 17.8. The summed E-state index contributed by atoms with van der Waals surface area (Å²) in [5.74, 6) is 2.65. The van der Waals surface area contributed by atoms with E-state index in [4.69, 9.17) is 30.9 Å². The standard InChI is InChI=1S/C27H29N5O3/c1-3-34-22-14-18(13-20-16-31-26(30)32-25(20)29)15-23(35-17-27(10-11-27)9-4-12-28)24(22)19-5-7-21(33-2)8-6-19/h4-9,14-16H,3,10-11,13,17H2,1-2H3,(H4,29,30,31,32)/b9-4+. The van der Waals surface area contributed by atoms with Crippen LogP contribution in [0.5, 0.6) is 17.2 Å². The molecule has 1 heterocycles. The fourth-order valence-corrected chi connectivity index (χ4v) is 3.92. The highest BCUT2D eigenvalue weighted by atomic mass is 16.5. The Morgan fingerprint density at radius 3 is 2.43 bits per heavy atom. The number of nitriles is 1. The normalized spacial score (nSPS) is 13.9.